The number of alkyl halides is 4. The molecule has 1 rings (SSSR count). The molecule has 0 fully saturated rings. The summed E-state index contributed by atoms with van der Waals surface area (Å²) in [5.74, 6) is -3.94. The first-order chi connectivity index (χ1) is 8.88. The minimum absolute atomic E-state index is 0.266. The molecule has 1 N–H and O–H groups in total. The van der Waals surface area contributed by atoms with E-state index < -0.39 is 31.7 Å². The maximum Gasteiger partial charge on any atom is 0.330 e. The van der Waals surface area contributed by atoms with Crippen molar-refractivity contribution in [2.45, 2.75) is 38.3 Å². The van der Waals surface area contributed by atoms with Crippen molar-refractivity contribution in [3.63, 3.8) is 0 Å². The van der Waals surface area contributed by atoms with Crippen molar-refractivity contribution in [3.05, 3.63) is 18.2 Å². The quantitative estimate of drug-likeness (QED) is 0.745. The van der Waals surface area contributed by atoms with Crippen molar-refractivity contribution in [1.82, 2.24) is 9.55 Å². The van der Waals surface area contributed by atoms with Crippen LogP contribution >= 0.6 is 0 Å². The van der Waals surface area contributed by atoms with Crippen molar-refractivity contribution in [1.29, 1.82) is 0 Å². The number of ether oxygens (including phenoxy) is 1. The molecule has 110 valence electrons. The SMILES string of the molecule is CCCn1ccnc1C(O)COCC(F)(F)C(F)F. The van der Waals surface area contributed by atoms with Crippen LogP contribution in [-0.2, 0) is 11.3 Å². The fourth-order valence-electron chi connectivity index (χ4n) is 1.49. The lowest BCUT2D eigenvalue weighted by atomic mass is 10.3. The second-order valence-electron chi connectivity index (χ2n) is 4.07. The van der Waals surface area contributed by atoms with Crippen LogP contribution in [-0.4, -0.2) is 40.2 Å². The molecular formula is C11H16F4N2O2. The van der Waals surface area contributed by atoms with Crippen LogP contribution in [0, 0.1) is 0 Å². The van der Waals surface area contributed by atoms with Crippen LogP contribution in [0.4, 0.5) is 17.6 Å². The largest absolute Gasteiger partial charge is 0.383 e. The molecule has 1 atom stereocenters. The van der Waals surface area contributed by atoms with Gasteiger partial charge in [0.25, 0.3) is 0 Å². The zero-order valence-corrected chi connectivity index (χ0v) is 10.4. The number of aromatic nitrogens is 2. The summed E-state index contributed by atoms with van der Waals surface area (Å²) in [5.41, 5.74) is 0. The minimum Gasteiger partial charge on any atom is -0.383 e. The van der Waals surface area contributed by atoms with E-state index in [0.717, 1.165) is 6.42 Å². The number of aryl methyl sites for hydroxylation is 1. The van der Waals surface area contributed by atoms with Crippen LogP contribution in [0.15, 0.2) is 12.4 Å². The molecule has 0 aliphatic rings. The Bertz CT molecular complexity index is 385. The summed E-state index contributed by atoms with van der Waals surface area (Å²) in [5, 5.41) is 9.71. The standard InChI is InChI=1S/C11H16F4N2O2/c1-2-4-17-5-3-16-9(17)8(18)6-19-7-11(14,15)10(12)13/h3,5,8,10,18H,2,4,6-7H2,1H3. The summed E-state index contributed by atoms with van der Waals surface area (Å²) in [6.07, 6.45) is -1.11. The molecule has 0 aromatic carbocycles. The van der Waals surface area contributed by atoms with Gasteiger partial charge in [-0.2, -0.15) is 8.78 Å². The van der Waals surface area contributed by atoms with Gasteiger partial charge in [0.2, 0.25) is 0 Å². The topological polar surface area (TPSA) is 47.3 Å². The Hall–Kier alpha value is -1.15. The first kappa shape index (κ1) is 15.9. The van der Waals surface area contributed by atoms with Crippen LogP contribution in [0.25, 0.3) is 0 Å². The van der Waals surface area contributed by atoms with Gasteiger partial charge >= 0.3 is 12.3 Å². The lowest BCUT2D eigenvalue weighted by Gasteiger charge is -2.17. The minimum atomic E-state index is -4.21. The van der Waals surface area contributed by atoms with Gasteiger partial charge < -0.3 is 14.4 Å². The summed E-state index contributed by atoms with van der Waals surface area (Å²) in [6.45, 7) is 0.592. The Balaban J connectivity index is 2.47. The molecule has 1 unspecified atom stereocenters. The number of aliphatic hydroxyl groups is 1. The molecule has 0 amide bonds. The van der Waals surface area contributed by atoms with E-state index in [1.54, 1.807) is 10.8 Å². The molecule has 0 radical (unpaired) electrons. The van der Waals surface area contributed by atoms with Gasteiger partial charge in [-0.25, -0.2) is 13.8 Å². The number of aliphatic hydroxyl groups excluding tert-OH is 1. The highest BCUT2D eigenvalue weighted by atomic mass is 19.3. The third-order valence-electron chi connectivity index (χ3n) is 2.40. The Morgan fingerprint density at radius 3 is 2.74 bits per heavy atom. The van der Waals surface area contributed by atoms with Gasteiger partial charge in [-0.05, 0) is 6.42 Å². The van der Waals surface area contributed by atoms with E-state index in [9.17, 15) is 22.7 Å². The normalized spacial score (nSPS) is 14.1. The predicted octanol–water partition coefficient (Wildman–Crippen LogP) is 2.24. The monoisotopic (exact) mass is 284 g/mol. The van der Waals surface area contributed by atoms with Gasteiger partial charge in [0.15, 0.2) is 0 Å². The van der Waals surface area contributed by atoms with Crippen LogP contribution < -0.4 is 0 Å². The van der Waals surface area contributed by atoms with Gasteiger partial charge in [0.1, 0.15) is 18.5 Å². The van der Waals surface area contributed by atoms with Crippen molar-refractivity contribution in [3.8, 4) is 0 Å². The molecule has 0 bridgehead atoms. The predicted molar refractivity (Wildman–Crippen MR) is 59.2 cm³/mol. The summed E-state index contributed by atoms with van der Waals surface area (Å²) < 4.78 is 55.0. The van der Waals surface area contributed by atoms with Crippen LogP contribution in [0.3, 0.4) is 0 Å². The van der Waals surface area contributed by atoms with Gasteiger partial charge in [0.05, 0.1) is 6.61 Å². The van der Waals surface area contributed by atoms with E-state index in [4.69, 9.17) is 0 Å². The smallest absolute Gasteiger partial charge is 0.330 e. The van der Waals surface area contributed by atoms with E-state index in [0.29, 0.717) is 6.54 Å². The Morgan fingerprint density at radius 1 is 1.47 bits per heavy atom. The summed E-state index contributed by atoms with van der Waals surface area (Å²) in [4.78, 5) is 3.88. The first-order valence-electron chi connectivity index (χ1n) is 5.81. The van der Waals surface area contributed by atoms with E-state index >= 15 is 0 Å². The van der Waals surface area contributed by atoms with E-state index in [-0.39, 0.29) is 5.82 Å². The molecule has 0 saturated heterocycles. The average Bonchev–Trinajstić information content (AvgIpc) is 2.77. The molecule has 8 heteroatoms. The van der Waals surface area contributed by atoms with Crippen LogP contribution in [0.5, 0.6) is 0 Å². The highest BCUT2D eigenvalue weighted by Crippen LogP contribution is 2.23. The van der Waals surface area contributed by atoms with Gasteiger partial charge in [0, 0.05) is 18.9 Å². The number of imidazole rings is 1. The third-order valence-corrected chi connectivity index (χ3v) is 2.40. The summed E-state index contributed by atoms with van der Waals surface area (Å²) in [6, 6.07) is 0. The van der Waals surface area contributed by atoms with Crippen molar-refractivity contribution in [2.75, 3.05) is 13.2 Å². The van der Waals surface area contributed by atoms with Gasteiger partial charge in [-0.15, -0.1) is 0 Å². The molecule has 1 aromatic rings. The second kappa shape index (κ2) is 6.85. The Morgan fingerprint density at radius 2 is 2.16 bits per heavy atom. The van der Waals surface area contributed by atoms with E-state index in [2.05, 4.69) is 9.72 Å². The number of nitrogens with zero attached hydrogens (tertiary/aromatic N) is 2. The van der Waals surface area contributed by atoms with Crippen molar-refractivity contribution in [2.24, 2.45) is 0 Å². The van der Waals surface area contributed by atoms with E-state index in [1.807, 2.05) is 6.92 Å². The molecule has 1 aromatic heterocycles. The lowest BCUT2D eigenvalue weighted by Crippen LogP contribution is -2.33. The second-order valence-corrected chi connectivity index (χ2v) is 4.07. The molecule has 0 aliphatic heterocycles. The Labute approximate surface area is 108 Å². The molecule has 0 aliphatic carbocycles. The lowest BCUT2D eigenvalue weighted by molar-refractivity contribution is -0.171. The zero-order valence-electron chi connectivity index (χ0n) is 10.4. The number of hydrogen-bond donors (Lipinski definition) is 1. The van der Waals surface area contributed by atoms with Gasteiger partial charge in [-0.3, -0.25) is 0 Å². The molecule has 4 nitrogen and oxygen atoms in total. The zero-order chi connectivity index (χ0) is 14.5. The highest BCUT2D eigenvalue weighted by Gasteiger charge is 2.41. The molecular weight excluding hydrogens is 268 g/mol. The molecule has 0 spiro atoms. The Kier molecular flexibility index (Phi) is 5.74. The molecule has 0 saturated carbocycles. The van der Waals surface area contributed by atoms with Gasteiger partial charge in [-0.1, -0.05) is 6.92 Å². The van der Waals surface area contributed by atoms with E-state index in [1.165, 1.54) is 6.20 Å². The van der Waals surface area contributed by atoms with Crippen LogP contribution in [0.1, 0.15) is 25.3 Å². The number of hydrogen-bond acceptors (Lipinski definition) is 3. The average molecular weight is 284 g/mol. The number of halogens is 4. The summed E-state index contributed by atoms with van der Waals surface area (Å²) >= 11 is 0. The third kappa shape index (κ3) is 4.46. The fraction of sp³-hybridized carbons (Fsp3) is 0.727. The first-order valence-corrected chi connectivity index (χ1v) is 5.81. The van der Waals surface area contributed by atoms with Crippen molar-refractivity contribution < 1.29 is 27.4 Å². The maximum absolute atomic E-state index is 12.6. The maximum atomic E-state index is 12.6. The van der Waals surface area contributed by atoms with Crippen molar-refractivity contribution >= 4 is 0 Å². The molecule has 1 heterocycles. The summed E-state index contributed by atoms with van der Waals surface area (Å²) in [7, 11) is 0. The highest BCUT2D eigenvalue weighted by molar-refractivity contribution is 4.96. The number of rotatable bonds is 8. The fourth-order valence-corrected chi connectivity index (χ4v) is 1.49. The molecule has 19 heavy (non-hydrogen) atoms. The van der Waals surface area contributed by atoms with Crippen LogP contribution in [0.2, 0.25) is 0 Å².